The molecule has 1 spiro atoms. The van der Waals surface area contributed by atoms with E-state index >= 15 is 0 Å². The molecule has 0 nitrogen and oxygen atoms in total. The van der Waals surface area contributed by atoms with E-state index in [0.29, 0.717) is 0 Å². The van der Waals surface area contributed by atoms with Crippen molar-refractivity contribution in [2.24, 2.45) is 5.41 Å². The quantitative estimate of drug-likeness (QED) is 0.532. The molecule has 0 aromatic heterocycles. The Morgan fingerprint density at radius 1 is 1.38 bits per heavy atom. The second-order valence-corrected chi connectivity index (χ2v) is 5.28. The van der Waals surface area contributed by atoms with Crippen molar-refractivity contribution in [3.05, 3.63) is 0 Å². The second-order valence-electron chi connectivity index (χ2n) is 3.00. The Hall–Kier alpha value is 0.830. The molecule has 1 heterocycles. The van der Waals surface area contributed by atoms with E-state index in [9.17, 15) is 0 Å². The van der Waals surface area contributed by atoms with Crippen molar-refractivity contribution in [2.75, 3.05) is 11.5 Å². The summed E-state index contributed by atoms with van der Waals surface area (Å²) in [6, 6.07) is 0. The molecule has 1 aliphatic carbocycles. The lowest BCUT2D eigenvalue weighted by molar-refractivity contribution is 0.202. The molecule has 1 saturated heterocycles. The van der Waals surface area contributed by atoms with Crippen LogP contribution in [0.1, 0.15) is 12.8 Å². The fraction of sp³-hybridized carbons (Fsp3) is 1.00. The number of alkyl halides is 1. The Morgan fingerprint density at radius 2 is 2.00 bits per heavy atom. The molecule has 1 aliphatic heterocycles. The Balaban J connectivity index is 1.92. The van der Waals surface area contributed by atoms with Crippen molar-refractivity contribution in [1.29, 1.82) is 0 Å². The van der Waals surface area contributed by atoms with Gasteiger partial charge in [0.25, 0.3) is 0 Å². The fourth-order valence-electron chi connectivity index (χ4n) is 1.51. The highest BCUT2D eigenvalue weighted by molar-refractivity contribution is 9.09. The van der Waals surface area contributed by atoms with E-state index in [1.807, 2.05) is 0 Å². The van der Waals surface area contributed by atoms with Crippen LogP contribution >= 0.6 is 27.7 Å². The first kappa shape index (κ1) is 5.60. The second kappa shape index (κ2) is 1.66. The minimum Gasteiger partial charge on any atom is -0.161 e. The van der Waals surface area contributed by atoms with Gasteiger partial charge in [-0.3, -0.25) is 0 Å². The number of rotatable bonds is 0. The van der Waals surface area contributed by atoms with Crippen molar-refractivity contribution >= 4 is 27.7 Å². The molecule has 1 saturated carbocycles. The maximum Gasteiger partial charge on any atom is 0.0157 e. The molecule has 0 amide bonds. The molecule has 0 N–H and O–H groups in total. The zero-order chi connectivity index (χ0) is 5.61. The van der Waals surface area contributed by atoms with Crippen LogP contribution < -0.4 is 0 Å². The summed E-state index contributed by atoms with van der Waals surface area (Å²) >= 11 is 5.70. The van der Waals surface area contributed by atoms with E-state index < -0.39 is 0 Å². The SMILES string of the molecule is BrC1CC2(CSC2)C1. The highest BCUT2D eigenvalue weighted by atomic mass is 79.9. The largest absolute Gasteiger partial charge is 0.161 e. The Kier molecular flexibility index (Phi) is 1.16. The van der Waals surface area contributed by atoms with Gasteiger partial charge < -0.3 is 0 Å². The standard InChI is InChI=1S/C6H9BrS/c7-5-1-6(2-5)3-8-4-6/h5H,1-4H2. The molecule has 2 rings (SSSR count). The third kappa shape index (κ3) is 0.655. The van der Waals surface area contributed by atoms with E-state index in [2.05, 4.69) is 27.7 Å². The molecule has 0 bridgehead atoms. The zero-order valence-corrected chi connectivity index (χ0v) is 7.09. The maximum absolute atomic E-state index is 3.60. The van der Waals surface area contributed by atoms with E-state index in [0.717, 1.165) is 10.2 Å². The van der Waals surface area contributed by atoms with Gasteiger partial charge in [-0.2, -0.15) is 11.8 Å². The predicted molar refractivity (Wildman–Crippen MR) is 41.7 cm³/mol. The van der Waals surface area contributed by atoms with Gasteiger partial charge in [0.2, 0.25) is 0 Å². The van der Waals surface area contributed by atoms with Crippen LogP contribution in [0.25, 0.3) is 0 Å². The molecule has 0 unspecified atom stereocenters. The van der Waals surface area contributed by atoms with Crippen LogP contribution in [0.2, 0.25) is 0 Å². The third-order valence-corrected chi connectivity index (χ3v) is 4.41. The number of halogens is 1. The first-order valence-corrected chi connectivity index (χ1v) is 5.10. The molecule has 8 heavy (non-hydrogen) atoms. The van der Waals surface area contributed by atoms with Gasteiger partial charge in [-0.05, 0) is 29.8 Å². The number of hydrogen-bond donors (Lipinski definition) is 0. The van der Waals surface area contributed by atoms with Crippen LogP contribution in [0.3, 0.4) is 0 Å². The third-order valence-electron chi connectivity index (χ3n) is 2.13. The van der Waals surface area contributed by atoms with Gasteiger partial charge in [0, 0.05) is 4.83 Å². The Labute approximate surface area is 62.5 Å². The summed E-state index contributed by atoms with van der Waals surface area (Å²) in [4.78, 5) is 0.864. The molecule has 2 heteroatoms. The van der Waals surface area contributed by atoms with Gasteiger partial charge in [-0.15, -0.1) is 0 Å². The van der Waals surface area contributed by atoms with Gasteiger partial charge in [0.1, 0.15) is 0 Å². The van der Waals surface area contributed by atoms with Crippen LogP contribution in [0, 0.1) is 5.41 Å². The molecule has 2 fully saturated rings. The monoisotopic (exact) mass is 192 g/mol. The Morgan fingerprint density at radius 3 is 2.12 bits per heavy atom. The molecule has 0 radical (unpaired) electrons. The Bertz CT molecular complexity index is 101. The highest BCUT2D eigenvalue weighted by Gasteiger charge is 2.47. The van der Waals surface area contributed by atoms with E-state index in [1.165, 1.54) is 24.3 Å². The summed E-state index contributed by atoms with van der Waals surface area (Å²) < 4.78 is 0. The van der Waals surface area contributed by atoms with Gasteiger partial charge >= 0.3 is 0 Å². The normalized spacial score (nSPS) is 34.1. The maximum atomic E-state index is 3.60. The lowest BCUT2D eigenvalue weighted by Gasteiger charge is -2.51. The summed E-state index contributed by atoms with van der Waals surface area (Å²) in [6.45, 7) is 0. The summed E-state index contributed by atoms with van der Waals surface area (Å²) in [5.41, 5.74) is 0.832. The molecular formula is C6H9BrS. The van der Waals surface area contributed by atoms with Crippen molar-refractivity contribution < 1.29 is 0 Å². The zero-order valence-electron chi connectivity index (χ0n) is 4.69. The molecule has 0 aromatic carbocycles. The number of hydrogen-bond acceptors (Lipinski definition) is 1. The molecule has 0 atom stereocenters. The average Bonchev–Trinajstić information content (AvgIpc) is 1.51. The topological polar surface area (TPSA) is 0 Å². The molecule has 46 valence electrons. The minimum atomic E-state index is 0.832. The van der Waals surface area contributed by atoms with Crippen molar-refractivity contribution in [1.82, 2.24) is 0 Å². The van der Waals surface area contributed by atoms with Crippen molar-refractivity contribution in [2.45, 2.75) is 17.7 Å². The van der Waals surface area contributed by atoms with Gasteiger partial charge in [-0.25, -0.2) is 0 Å². The summed E-state index contributed by atoms with van der Waals surface area (Å²) in [6.07, 6.45) is 2.89. The van der Waals surface area contributed by atoms with E-state index in [4.69, 9.17) is 0 Å². The molecular weight excluding hydrogens is 184 g/mol. The lowest BCUT2D eigenvalue weighted by atomic mass is 9.71. The van der Waals surface area contributed by atoms with E-state index in [1.54, 1.807) is 0 Å². The van der Waals surface area contributed by atoms with Gasteiger partial charge in [-0.1, -0.05) is 15.9 Å². The number of thioether (sulfide) groups is 1. The van der Waals surface area contributed by atoms with Gasteiger partial charge in [0.15, 0.2) is 0 Å². The van der Waals surface area contributed by atoms with Crippen LogP contribution in [-0.2, 0) is 0 Å². The van der Waals surface area contributed by atoms with Crippen LogP contribution in [0.4, 0.5) is 0 Å². The summed E-state index contributed by atoms with van der Waals surface area (Å²) in [7, 11) is 0. The van der Waals surface area contributed by atoms with Crippen molar-refractivity contribution in [3.8, 4) is 0 Å². The first-order valence-electron chi connectivity index (χ1n) is 3.03. The smallest absolute Gasteiger partial charge is 0.0157 e. The van der Waals surface area contributed by atoms with Crippen LogP contribution in [-0.4, -0.2) is 16.3 Å². The molecule has 0 aromatic rings. The van der Waals surface area contributed by atoms with Crippen molar-refractivity contribution in [3.63, 3.8) is 0 Å². The molecule has 2 aliphatic rings. The fourth-order valence-corrected chi connectivity index (χ4v) is 4.13. The summed E-state index contributed by atoms with van der Waals surface area (Å²) in [5, 5.41) is 0. The summed E-state index contributed by atoms with van der Waals surface area (Å²) in [5.74, 6) is 2.88. The average molecular weight is 193 g/mol. The highest BCUT2D eigenvalue weighted by Crippen LogP contribution is 2.55. The lowest BCUT2D eigenvalue weighted by Crippen LogP contribution is -2.47. The first-order chi connectivity index (χ1) is 3.81. The predicted octanol–water partition coefficient (Wildman–Crippen LogP) is 2.28. The minimum absolute atomic E-state index is 0.832. The van der Waals surface area contributed by atoms with Crippen LogP contribution in [0.5, 0.6) is 0 Å². The van der Waals surface area contributed by atoms with E-state index in [-0.39, 0.29) is 0 Å². The van der Waals surface area contributed by atoms with Crippen LogP contribution in [0.15, 0.2) is 0 Å². The van der Waals surface area contributed by atoms with Gasteiger partial charge in [0.05, 0.1) is 0 Å².